The molecule has 0 bridgehead atoms. The van der Waals surface area contributed by atoms with E-state index in [0.717, 1.165) is 30.2 Å². The van der Waals surface area contributed by atoms with E-state index in [0.29, 0.717) is 6.61 Å². The van der Waals surface area contributed by atoms with Crippen LogP contribution in [0.3, 0.4) is 0 Å². The zero-order valence-corrected chi connectivity index (χ0v) is 7.13. The lowest BCUT2D eigenvalue weighted by Crippen LogP contribution is -2.19. The molecular formula is C9H12N2O. The number of nitrogens with one attached hydrogen (secondary N) is 1. The number of anilines is 1. The van der Waals surface area contributed by atoms with Crippen LogP contribution < -0.4 is 10.1 Å². The first-order valence-corrected chi connectivity index (χ1v) is 4.26. The molecule has 1 aliphatic rings. The number of nitrogens with zero attached hydrogens (tertiary/aromatic N) is 1. The third-order valence-electron chi connectivity index (χ3n) is 1.94. The van der Waals surface area contributed by atoms with Gasteiger partial charge in [-0.05, 0) is 18.6 Å². The van der Waals surface area contributed by atoms with Crippen molar-refractivity contribution in [1.29, 1.82) is 0 Å². The number of rotatable bonds is 1. The van der Waals surface area contributed by atoms with Gasteiger partial charge >= 0.3 is 0 Å². The first kappa shape index (κ1) is 7.40. The molecule has 1 N–H and O–H groups in total. The molecule has 12 heavy (non-hydrogen) atoms. The second-order valence-electron chi connectivity index (χ2n) is 2.78. The zero-order chi connectivity index (χ0) is 8.39. The third kappa shape index (κ3) is 1.22. The van der Waals surface area contributed by atoms with Crippen molar-refractivity contribution < 1.29 is 4.74 Å². The molecule has 2 heterocycles. The molecule has 3 nitrogen and oxygen atoms in total. The van der Waals surface area contributed by atoms with Gasteiger partial charge in [0.25, 0.3) is 0 Å². The molecule has 3 heteroatoms. The number of aryl methyl sites for hydroxylation is 1. The molecule has 1 aliphatic heterocycles. The summed E-state index contributed by atoms with van der Waals surface area (Å²) in [5, 5.41) is 3.23. The number of aromatic nitrogens is 1. The van der Waals surface area contributed by atoms with Crippen LogP contribution in [0.1, 0.15) is 12.6 Å². The van der Waals surface area contributed by atoms with Crippen molar-refractivity contribution in [1.82, 2.24) is 4.98 Å². The van der Waals surface area contributed by atoms with Crippen LogP contribution in [0.4, 0.5) is 5.69 Å². The van der Waals surface area contributed by atoms with Crippen molar-refractivity contribution in [3.63, 3.8) is 0 Å². The fourth-order valence-electron chi connectivity index (χ4n) is 1.25. The molecule has 0 atom stereocenters. The van der Waals surface area contributed by atoms with Gasteiger partial charge in [0.2, 0.25) is 5.88 Å². The van der Waals surface area contributed by atoms with Crippen LogP contribution in [0.5, 0.6) is 5.88 Å². The number of hydrogen-bond donors (Lipinski definition) is 1. The van der Waals surface area contributed by atoms with E-state index in [9.17, 15) is 0 Å². The summed E-state index contributed by atoms with van der Waals surface area (Å²) >= 11 is 0. The normalized spacial score (nSPS) is 14.4. The monoisotopic (exact) mass is 164 g/mol. The number of ether oxygens (including phenoxy) is 1. The number of fused-ring (bicyclic) bond motifs is 1. The van der Waals surface area contributed by atoms with E-state index in [4.69, 9.17) is 4.74 Å². The minimum Gasteiger partial charge on any atom is -0.474 e. The van der Waals surface area contributed by atoms with Crippen molar-refractivity contribution in [2.75, 3.05) is 18.5 Å². The topological polar surface area (TPSA) is 34.1 Å². The lowest BCUT2D eigenvalue weighted by atomic mass is 10.2. The van der Waals surface area contributed by atoms with Gasteiger partial charge in [0, 0.05) is 12.2 Å². The fraction of sp³-hybridized carbons (Fsp3) is 0.444. The lowest BCUT2D eigenvalue weighted by Gasteiger charge is -2.17. The average molecular weight is 164 g/mol. The van der Waals surface area contributed by atoms with Crippen LogP contribution in [0.15, 0.2) is 12.1 Å². The summed E-state index contributed by atoms with van der Waals surface area (Å²) in [7, 11) is 0. The minimum absolute atomic E-state index is 0.715. The van der Waals surface area contributed by atoms with Gasteiger partial charge in [0.05, 0.1) is 5.69 Å². The molecule has 0 saturated carbocycles. The molecule has 2 rings (SSSR count). The van der Waals surface area contributed by atoms with Gasteiger partial charge in [-0.25, -0.2) is 4.98 Å². The number of pyridine rings is 1. The molecule has 0 saturated heterocycles. The summed E-state index contributed by atoms with van der Waals surface area (Å²) in [4.78, 5) is 4.35. The highest BCUT2D eigenvalue weighted by molar-refractivity contribution is 5.54. The van der Waals surface area contributed by atoms with Crippen LogP contribution in [-0.2, 0) is 6.42 Å². The molecular weight excluding hydrogens is 152 g/mol. The fourth-order valence-corrected chi connectivity index (χ4v) is 1.25. The van der Waals surface area contributed by atoms with Gasteiger partial charge in [-0.1, -0.05) is 6.92 Å². The first-order chi connectivity index (χ1) is 5.90. The van der Waals surface area contributed by atoms with Crippen molar-refractivity contribution in [3.05, 3.63) is 17.8 Å². The average Bonchev–Trinajstić information content (AvgIpc) is 2.17. The van der Waals surface area contributed by atoms with Crippen molar-refractivity contribution in [2.24, 2.45) is 0 Å². The lowest BCUT2D eigenvalue weighted by molar-refractivity contribution is 0.309. The smallest absolute Gasteiger partial charge is 0.237 e. The maximum Gasteiger partial charge on any atom is 0.237 e. The molecule has 0 unspecified atom stereocenters. The van der Waals surface area contributed by atoms with E-state index in [2.05, 4.69) is 17.2 Å². The highest BCUT2D eigenvalue weighted by atomic mass is 16.5. The first-order valence-electron chi connectivity index (χ1n) is 4.26. The van der Waals surface area contributed by atoms with Gasteiger partial charge in [0.15, 0.2) is 0 Å². The Kier molecular flexibility index (Phi) is 1.86. The molecule has 0 aromatic carbocycles. The van der Waals surface area contributed by atoms with Gasteiger partial charge < -0.3 is 10.1 Å². The Balaban J connectivity index is 2.36. The molecule has 0 aliphatic carbocycles. The highest BCUT2D eigenvalue weighted by Crippen LogP contribution is 2.24. The molecule has 1 aromatic heterocycles. The molecule has 0 radical (unpaired) electrons. The Hall–Kier alpha value is -1.25. The van der Waals surface area contributed by atoms with E-state index in [1.807, 2.05) is 12.1 Å². The Morgan fingerprint density at radius 2 is 2.50 bits per heavy atom. The second-order valence-corrected chi connectivity index (χ2v) is 2.78. The van der Waals surface area contributed by atoms with Crippen LogP contribution >= 0.6 is 0 Å². The molecule has 0 amide bonds. The quantitative estimate of drug-likeness (QED) is 0.682. The zero-order valence-electron chi connectivity index (χ0n) is 7.13. The highest BCUT2D eigenvalue weighted by Gasteiger charge is 2.10. The number of hydrogen-bond acceptors (Lipinski definition) is 3. The Bertz CT molecular complexity index is 286. The Labute approximate surface area is 71.8 Å². The minimum atomic E-state index is 0.715. The third-order valence-corrected chi connectivity index (χ3v) is 1.94. The Morgan fingerprint density at radius 1 is 1.58 bits per heavy atom. The maximum atomic E-state index is 5.39. The predicted molar refractivity (Wildman–Crippen MR) is 47.6 cm³/mol. The van der Waals surface area contributed by atoms with Crippen LogP contribution in [0.25, 0.3) is 0 Å². The van der Waals surface area contributed by atoms with Gasteiger partial charge in [0.1, 0.15) is 6.61 Å². The van der Waals surface area contributed by atoms with Crippen molar-refractivity contribution in [2.45, 2.75) is 13.3 Å². The van der Waals surface area contributed by atoms with E-state index >= 15 is 0 Å². The molecule has 0 spiro atoms. The van der Waals surface area contributed by atoms with Crippen LogP contribution in [0.2, 0.25) is 0 Å². The molecule has 0 fully saturated rings. The largest absolute Gasteiger partial charge is 0.474 e. The summed E-state index contributed by atoms with van der Waals surface area (Å²) in [5.74, 6) is 0.751. The van der Waals surface area contributed by atoms with E-state index < -0.39 is 0 Å². The van der Waals surface area contributed by atoms with E-state index in [1.165, 1.54) is 0 Å². The summed E-state index contributed by atoms with van der Waals surface area (Å²) < 4.78 is 5.39. The summed E-state index contributed by atoms with van der Waals surface area (Å²) in [6.07, 6.45) is 0.955. The standard InChI is InChI=1S/C9H12N2O/c1-2-7-3-4-8-9(11-7)12-6-5-10-8/h3-4,10H,2,5-6H2,1H3. The van der Waals surface area contributed by atoms with Gasteiger partial charge in [-0.3, -0.25) is 0 Å². The molecule has 64 valence electrons. The second kappa shape index (κ2) is 3.01. The summed E-state index contributed by atoms with van der Waals surface area (Å²) in [6.45, 7) is 3.68. The Morgan fingerprint density at radius 3 is 3.33 bits per heavy atom. The van der Waals surface area contributed by atoms with Crippen LogP contribution in [0, 0.1) is 0 Å². The SMILES string of the molecule is CCc1ccc2c(n1)OCCN2. The maximum absolute atomic E-state index is 5.39. The van der Waals surface area contributed by atoms with Crippen LogP contribution in [-0.4, -0.2) is 18.1 Å². The van der Waals surface area contributed by atoms with Crippen molar-refractivity contribution >= 4 is 5.69 Å². The molecule has 1 aromatic rings. The van der Waals surface area contributed by atoms with Gasteiger partial charge in [-0.2, -0.15) is 0 Å². The van der Waals surface area contributed by atoms with E-state index in [-0.39, 0.29) is 0 Å². The van der Waals surface area contributed by atoms with E-state index in [1.54, 1.807) is 0 Å². The summed E-state index contributed by atoms with van der Waals surface area (Å²) in [6, 6.07) is 4.06. The van der Waals surface area contributed by atoms with Gasteiger partial charge in [-0.15, -0.1) is 0 Å². The summed E-state index contributed by atoms with van der Waals surface area (Å²) in [5.41, 5.74) is 2.09. The van der Waals surface area contributed by atoms with Crippen molar-refractivity contribution in [3.8, 4) is 5.88 Å². The predicted octanol–water partition coefficient (Wildman–Crippen LogP) is 1.45.